The summed E-state index contributed by atoms with van der Waals surface area (Å²) in [7, 11) is 3.74. The van der Waals surface area contributed by atoms with Crippen molar-refractivity contribution < 1.29 is 9.53 Å². The molecule has 0 heterocycles. The maximum Gasteiger partial charge on any atom is 0.306 e. The van der Waals surface area contributed by atoms with Crippen molar-refractivity contribution in [2.75, 3.05) is 20.7 Å². The summed E-state index contributed by atoms with van der Waals surface area (Å²) in [5.41, 5.74) is 0.824. The van der Waals surface area contributed by atoms with Crippen LogP contribution < -0.4 is 0 Å². The molecule has 0 saturated carbocycles. The molecule has 2 atom stereocenters. The van der Waals surface area contributed by atoms with Gasteiger partial charge in [0, 0.05) is 5.92 Å². The van der Waals surface area contributed by atoms with Gasteiger partial charge < -0.3 is 4.74 Å². The van der Waals surface area contributed by atoms with Gasteiger partial charge in [0.05, 0.1) is 19.1 Å². The predicted molar refractivity (Wildman–Crippen MR) is 97.9 cm³/mol. The summed E-state index contributed by atoms with van der Waals surface area (Å²) in [6, 6.07) is 21.8. The number of carbonyl (C=O) groups excluding carboxylic acids is 1. The Labute approximate surface area is 149 Å². The molecule has 0 saturated heterocycles. The highest BCUT2D eigenvalue weighted by molar-refractivity contribution is 5.71. The lowest BCUT2D eigenvalue weighted by Crippen LogP contribution is -2.46. The highest BCUT2D eigenvalue weighted by Gasteiger charge is 2.45. The first-order chi connectivity index (χ1) is 12.1. The Balaban J connectivity index is 2.61. The van der Waals surface area contributed by atoms with E-state index in [0.717, 1.165) is 11.1 Å². The summed E-state index contributed by atoms with van der Waals surface area (Å²) in [4.78, 5) is 14.2. The largest absolute Gasteiger partial charge is 0.466 e. The van der Waals surface area contributed by atoms with Crippen molar-refractivity contribution in [1.29, 1.82) is 5.26 Å². The maximum absolute atomic E-state index is 12.3. The Morgan fingerprint density at radius 1 is 1.12 bits per heavy atom. The van der Waals surface area contributed by atoms with E-state index in [-0.39, 0.29) is 18.3 Å². The predicted octanol–water partition coefficient (Wildman–Crippen LogP) is 3.70. The van der Waals surface area contributed by atoms with Gasteiger partial charge in [-0.3, -0.25) is 9.69 Å². The zero-order chi connectivity index (χ0) is 18.3. The number of nitrogens with zero attached hydrogens (tertiary/aromatic N) is 2. The molecule has 0 aliphatic heterocycles. The monoisotopic (exact) mass is 336 g/mol. The topological polar surface area (TPSA) is 53.3 Å². The fraction of sp³-hybridized carbons (Fsp3) is 0.333. The zero-order valence-electron chi connectivity index (χ0n) is 15.0. The van der Waals surface area contributed by atoms with Gasteiger partial charge in [-0.15, -0.1) is 0 Å². The van der Waals surface area contributed by atoms with Crippen molar-refractivity contribution in [3.05, 3.63) is 71.8 Å². The summed E-state index contributed by atoms with van der Waals surface area (Å²) in [6.07, 6.45) is 0.137. The van der Waals surface area contributed by atoms with E-state index in [1.807, 2.05) is 79.7 Å². The molecule has 25 heavy (non-hydrogen) atoms. The van der Waals surface area contributed by atoms with E-state index in [2.05, 4.69) is 6.07 Å². The van der Waals surface area contributed by atoms with Gasteiger partial charge in [0.1, 0.15) is 5.54 Å². The van der Waals surface area contributed by atoms with Gasteiger partial charge in [-0.25, -0.2) is 0 Å². The van der Waals surface area contributed by atoms with Crippen molar-refractivity contribution in [2.45, 2.75) is 24.8 Å². The van der Waals surface area contributed by atoms with Crippen LogP contribution in [-0.2, 0) is 15.1 Å². The Bertz CT molecular complexity index is 723. The van der Waals surface area contributed by atoms with Crippen molar-refractivity contribution in [2.24, 2.45) is 0 Å². The third-order valence-electron chi connectivity index (χ3n) is 4.47. The van der Waals surface area contributed by atoms with Gasteiger partial charge in [-0.05, 0) is 32.1 Å². The SMILES string of the molecule is CCOC(=O)C[C@H](c1ccccc1)[C@](C#N)(c1ccccc1)N(C)C. The van der Waals surface area contributed by atoms with Gasteiger partial charge in [0.2, 0.25) is 0 Å². The lowest BCUT2D eigenvalue weighted by atomic mass is 9.73. The quantitative estimate of drug-likeness (QED) is 0.723. The minimum atomic E-state index is -0.977. The van der Waals surface area contributed by atoms with Crippen LogP contribution in [0.3, 0.4) is 0 Å². The molecule has 0 amide bonds. The lowest BCUT2D eigenvalue weighted by molar-refractivity contribution is -0.144. The second kappa shape index (κ2) is 8.46. The zero-order valence-corrected chi connectivity index (χ0v) is 15.0. The molecule has 0 aliphatic rings. The normalized spacial score (nSPS) is 14.4. The van der Waals surface area contributed by atoms with Crippen molar-refractivity contribution in [3.63, 3.8) is 0 Å². The second-order valence-corrected chi connectivity index (χ2v) is 6.11. The summed E-state index contributed by atoms with van der Waals surface area (Å²) in [5.74, 6) is -0.649. The molecule has 2 aromatic carbocycles. The van der Waals surface area contributed by atoms with Gasteiger partial charge in [0.15, 0.2) is 0 Å². The Morgan fingerprint density at radius 3 is 2.16 bits per heavy atom. The van der Waals surface area contributed by atoms with E-state index in [9.17, 15) is 10.1 Å². The maximum atomic E-state index is 12.3. The summed E-state index contributed by atoms with van der Waals surface area (Å²) < 4.78 is 5.18. The Morgan fingerprint density at radius 2 is 1.68 bits per heavy atom. The van der Waals surface area contributed by atoms with E-state index >= 15 is 0 Å². The van der Waals surface area contributed by atoms with E-state index in [1.165, 1.54) is 0 Å². The lowest BCUT2D eigenvalue weighted by Gasteiger charge is -2.40. The average Bonchev–Trinajstić information content (AvgIpc) is 2.63. The molecular weight excluding hydrogens is 312 g/mol. The molecule has 130 valence electrons. The highest BCUT2D eigenvalue weighted by atomic mass is 16.5. The summed E-state index contributed by atoms with van der Waals surface area (Å²) >= 11 is 0. The van der Waals surface area contributed by atoms with E-state index in [0.29, 0.717) is 6.61 Å². The number of carbonyl (C=O) groups is 1. The molecule has 0 radical (unpaired) electrons. The minimum absolute atomic E-state index is 0.137. The van der Waals surface area contributed by atoms with Crippen molar-refractivity contribution in [3.8, 4) is 6.07 Å². The third kappa shape index (κ3) is 3.89. The van der Waals surface area contributed by atoms with E-state index < -0.39 is 5.54 Å². The minimum Gasteiger partial charge on any atom is -0.466 e. The molecular formula is C21H24N2O2. The number of likely N-dealkylation sites (N-methyl/N-ethyl adjacent to an activating group) is 1. The number of ether oxygens (including phenoxy) is 1. The van der Waals surface area contributed by atoms with Crippen LogP contribution in [-0.4, -0.2) is 31.6 Å². The highest BCUT2D eigenvalue weighted by Crippen LogP contribution is 2.42. The molecule has 4 heteroatoms. The molecule has 4 nitrogen and oxygen atoms in total. The van der Waals surface area contributed by atoms with E-state index in [1.54, 1.807) is 6.92 Å². The molecule has 0 aromatic heterocycles. The summed E-state index contributed by atoms with van der Waals surface area (Å²) in [6.45, 7) is 2.11. The number of esters is 1. The molecule has 0 spiro atoms. The number of hydrogen-bond acceptors (Lipinski definition) is 4. The fourth-order valence-corrected chi connectivity index (χ4v) is 3.28. The molecule has 2 rings (SSSR count). The van der Waals surface area contributed by atoms with Crippen LogP contribution in [0.15, 0.2) is 60.7 Å². The smallest absolute Gasteiger partial charge is 0.306 e. The average molecular weight is 336 g/mol. The molecule has 0 unspecified atom stereocenters. The number of hydrogen-bond donors (Lipinski definition) is 0. The molecule has 2 aromatic rings. The molecule has 0 N–H and O–H groups in total. The first-order valence-electron chi connectivity index (χ1n) is 8.41. The van der Waals surface area contributed by atoms with Crippen LogP contribution in [0, 0.1) is 11.3 Å². The van der Waals surface area contributed by atoms with Crippen LogP contribution in [0.4, 0.5) is 0 Å². The number of nitriles is 1. The van der Waals surface area contributed by atoms with Crippen molar-refractivity contribution >= 4 is 5.97 Å². The first kappa shape index (κ1) is 18.7. The van der Waals surface area contributed by atoms with Crippen LogP contribution in [0.1, 0.15) is 30.4 Å². The van der Waals surface area contributed by atoms with Crippen LogP contribution >= 0.6 is 0 Å². The van der Waals surface area contributed by atoms with E-state index in [4.69, 9.17) is 4.74 Å². The first-order valence-corrected chi connectivity index (χ1v) is 8.41. The number of rotatable bonds is 7. The Kier molecular flexibility index (Phi) is 6.32. The van der Waals surface area contributed by atoms with Crippen LogP contribution in [0.5, 0.6) is 0 Å². The molecule has 0 fully saturated rings. The standard InChI is InChI=1S/C21H24N2O2/c1-4-25-20(24)15-19(17-11-7-5-8-12-17)21(16-22,23(2)3)18-13-9-6-10-14-18/h5-14,19H,4,15H2,1-3H3/t19-,21+/m1/s1. The van der Waals surface area contributed by atoms with Gasteiger partial charge in [0.25, 0.3) is 0 Å². The van der Waals surface area contributed by atoms with Crippen LogP contribution in [0.25, 0.3) is 0 Å². The fourth-order valence-electron chi connectivity index (χ4n) is 3.28. The second-order valence-electron chi connectivity index (χ2n) is 6.11. The summed E-state index contributed by atoms with van der Waals surface area (Å²) in [5, 5.41) is 10.2. The third-order valence-corrected chi connectivity index (χ3v) is 4.47. The Hall–Kier alpha value is -2.64. The molecule has 0 bridgehead atoms. The van der Waals surface area contributed by atoms with Gasteiger partial charge >= 0.3 is 5.97 Å². The van der Waals surface area contributed by atoms with Crippen molar-refractivity contribution in [1.82, 2.24) is 4.90 Å². The number of benzene rings is 2. The molecule has 0 aliphatic carbocycles. The van der Waals surface area contributed by atoms with Gasteiger partial charge in [-0.2, -0.15) is 5.26 Å². The van der Waals surface area contributed by atoms with Crippen LogP contribution in [0.2, 0.25) is 0 Å². The van der Waals surface area contributed by atoms with Gasteiger partial charge in [-0.1, -0.05) is 60.7 Å².